The molecule has 0 saturated carbocycles. The van der Waals surface area contributed by atoms with E-state index in [1.165, 1.54) is 36.4 Å². The highest BCUT2D eigenvalue weighted by molar-refractivity contribution is 7.92. The van der Waals surface area contributed by atoms with Crippen LogP contribution in [0.5, 0.6) is 5.75 Å². The van der Waals surface area contributed by atoms with Crippen molar-refractivity contribution in [3.05, 3.63) is 64.7 Å². The molecule has 2 aromatic carbocycles. The first-order valence-electron chi connectivity index (χ1n) is 8.75. The second kappa shape index (κ2) is 9.67. The fourth-order valence-corrected chi connectivity index (χ4v) is 5.06. The van der Waals surface area contributed by atoms with Crippen molar-refractivity contribution in [2.24, 2.45) is 0 Å². The predicted molar refractivity (Wildman–Crippen MR) is 121 cm³/mol. The highest BCUT2D eigenvalue weighted by atomic mass is 35.5. The third-order valence-electron chi connectivity index (χ3n) is 3.81. The summed E-state index contributed by atoms with van der Waals surface area (Å²) in [5.74, 6) is -0.986. The van der Waals surface area contributed by atoms with Gasteiger partial charge in [-0.05, 0) is 35.9 Å². The Bertz CT molecular complexity index is 1490. The minimum absolute atomic E-state index is 0.0517. The molecule has 0 radical (unpaired) electrons. The SMILES string of the molecule is CS(=O)(=O)c1nnc(NC(=O)/C(C#N)=C\c2ccc(OS(=O)(=O)c3ccccc3)c(Cl)c2)s1. The summed E-state index contributed by atoms with van der Waals surface area (Å²) in [4.78, 5) is 12.3. The zero-order chi connectivity index (χ0) is 24.2. The lowest BCUT2D eigenvalue weighted by molar-refractivity contribution is -0.112. The van der Waals surface area contributed by atoms with Crippen molar-refractivity contribution in [3.63, 3.8) is 0 Å². The molecule has 1 N–H and O–H groups in total. The van der Waals surface area contributed by atoms with Crippen molar-refractivity contribution in [1.29, 1.82) is 5.26 Å². The molecule has 0 fully saturated rings. The van der Waals surface area contributed by atoms with Gasteiger partial charge in [0.05, 0.1) is 5.02 Å². The van der Waals surface area contributed by atoms with Gasteiger partial charge < -0.3 is 4.18 Å². The highest BCUT2D eigenvalue weighted by Crippen LogP contribution is 2.29. The molecule has 170 valence electrons. The Morgan fingerprint density at radius 2 is 1.85 bits per heavy atom. The Hall–Kier alpha value is -3.31. The quantitative estimate of drug-likeness (QED) is 0.212. The Kier molecular flexibility index (Phi) is 7.13. The standard InChI is InChI=1S/C19H13ClN4O6S3/c1-32(26,27)19-24-23-18(31-19)22-17(25)13(11-21)9-12-7-8-16(15(20)10-12)30-33(28,29)14-5-3-2-4-6-14/h2-10H,1H3,(H,22,23,25)/b13-9-. The van der Waals surface area contributed by atoms with Crippen LogP contribution in [0, 0.1) is 11.3 Å². The average molecular weight is 525 g/mol. The van der Waals surface area contributed by atoms with Crippen LogP contribution in [0.15, 0.2) is 63.3 Å². The van der Waals surface area contributed by atoms with Gasteiger partial charge in [0.25, 0.3) is 5.91 Å². The number of sulfone groups is 1. The third kappa shape index (κ3) is 6.14. The number of aromatic nitrogens is 2. The minimum atomic E-state index is -4.10. The number of carbonyl (C=O) groups excluding carboxylic acids is 1. The van der Waals surface area contributed by atoms with E-state index in [0.717, 1.165) is 6.26 Å². The lowest BCUT2D eigenvalue weighted by Crippen LogP contribution is -2.13. The van der Waals surface area contributed by atoms with Crippen molar-refractivity contribution >= 4 is 60.0 Å². The van der Waals surface area contributed by atoms with Gasteiger partial charge in [0, 0.05) is 6.26 Å². The van der Waals surface area contributed by atoms with Crippen molar-refractivity contribution in [1.82, 2.24) is 10.2 Å². The number of halogens is 1. The fourth-order valence-electron chi connectivity index (χ4n) is 2.32. The second-order valence-corrected chi connectivity index (χ2v) is 11.4. The smallest absolute Gasteiger partial charge is 0.339 e. The molecular formula is C19H13ClN4O6S3. The van der Waals surface area contributed by atoms with E-state index in [2.05, 4.69) is 15.5 Å². The molecule has 0 unspecified atom stereocenters. The largest absolute Gasteiger partial charge is 0.377 e. The first-order chi connectivity index (χ1) is 15.5. The van der Waals surface area contributed by atoms with Crippen LogP contribution >= 0.6 is 22.9 Å². The van der Waals surface area contributed by atoms with E-state index >= 15 is 0 Å². The van der Waals surface area contributed by atoms with Crippen LogP contribution in [0.1, 0.15) is 5.56 Å². The monoisotopic (exact) mass is 524 g/mol. The number of hydrogen-bond donors (Lipinski definition) is 1. The minimum Gasteiger partial charge on any atom is -0.377 e. The molecule has 1 heterocycles. The molecule has 0 spiro atoms. The number of anilines is 1. The van der Waals surface area contributed by atoms with Gasteiger partial charge in [0.1, 0.15) is 16.5 Å². The molecule has 0 aliphatic carbocycles. The fraction of sp³-hybridized carbons (Fsp3) is 0.0526. The normalized spacial score (nSPS) is 12.1. The molecular weight excluding hydrogens is 512 g/mol. The van der Waals surface area contributed by atoms with Gasteiger partial charge in [0.15, 0.2) is 5.75 Å². The van der Waals surface area contributed by atoms with E-state index in [0.29, 0.717) is 16.9 Å². The Labute approximate surface area is 198 Å². The maximum absolute atomic E-state index is 12.4. The summed E-state index contributed by atoms with van der Waals surface area (Å²) in [5, 5.41) is 18.5. The summed E-state index contributed by atoms with van der Waals surface area (Å²) in [5.41, 5.74) is -0.0296. The molecule has 0 atom stereocenters. The highest BCUT2D eigenvalue weighted by Gasteiger charge is 2.19. The van der Waals surface area contributed by atoms with Gasteiger partial charge in [0.2, 0.25) is 19.3 Å². The van der Waals surface area contributed by atoms with Crippen LogP contribution in [-0.2, 0) is 24.7 Å². The Morgan fingerprint density at radius 3 is 2.42 bits per heavy atom. The van der Waals surface area contributed by atoms with E-state index in [4.69, 9.17) is 15.8 Å². The van der Waals surface area contributed by atoms with Gasteiger partial charge in [-0.2, -0.15) is 13.7 Å². The number of hydrogen-bond acceptors (Lipinski definition) is 10. The zero-order valence-corrected chi connectivity index (χ0v) is 19.8. The molecule has 1 aromatic heterocycles. The second-order valence-electron chi connectivity index (χ2n) is 6.31. The Morgan fingerprint density at radius 1 is 1.15 bits per heavy atom. The van der Waals surface area contributed by atoms with E-state index in [9.17, 15) is 26.9 Å². The van der Waals surface area contributed by atoms with E-state index < -0.39 is 25.9 Å². The summed E-state index contributed by atoms with van der Waals surface area (Å²) in [7, 11) is -7.69. The van der Waals surface area contributed by atoms with E-state index in [1.54, 1.807) is 24.3 Å². The van der Waals surface area contributed by atoms with E-state index in [1.807, 2.05) is 0 Å². The maximum atomic E-state index is 12.4. The molecule has 0 bridgehead atoms. The molecule has 0 saturated heterocycles. The first-order valence-corrected chi connectivity index (χ1v) is 13.2. The maximum Gasteiger partial charge on any atom is 0.339 e. The molecule has 1 amide bonds. The van der Waals surface area contributed by atoms with Crippen molar-refractivity contribution in [2.75, 3.05) is 11.6 Å². The van der Waals surface area contributed by atoms with Crippen molar-refractivity contribution in [3.8, 4) is 11.8 Å². The number of nitrogens with one attached hydrogen (secondary N) is 1. The molecule has 10 nitrogen and oxygen atoms in total. The van der Waals surface area contributed by atoms with Gasteiger partial charge in [-0.15, -0.1) is 10.2 Å². The summed E-state index contributed by atoms with van der Waals surface area (Å²) in [6.45, 7) is 0. The van der Waals surface area contributed by atoms with E-state index in [-0.39, 0.29) is 30.7 Å². The molecule has 3 rings (SSSR count). The molecule has 0 aliphatic heterocycles. The van der Waals surface area contributed by atoms with Gasteiger partial charge in [-0.1, -0.05) is 47.2 Å². The van der Waals surface area contributed by atoms with Crippen LogP contribution in [-0.4, -0.2) is 39.2 Å². The number of amides is 1. The summed E-state index contributed by atoms with van der Waals surface area (Å²) >= 11 is 6.77. The van der Waals surface area contributed by atoms with Gasteiger partial charge in [-0.25, -0.2) is 8.42 Å². The van der Waals surface area contributed by atoms with Crippen LogP contribution < -0.4 is 9.50 Å². The Balaban J connectivity index is 1.79. The van der Waals surface area contributed by atoms with Crippen LogP contribution in [0.4, 0.5) is 5.13 Å². The zero-order valence-electron chi connectivity index (χ0n) is 16.6. The number of rotatable bonds is 7. The molecule has 14 heteroatoms. The average Bonchev–Trinajstić information content (AvgIpc) is 3.23. The lowest BCUT2D eigenvalue weighted by atomic mass is 10.1. The first kappa shape index (κ1) is 24.3. The van der Waals surface area contributed by atoms with Gasteiger partial charge in [-0.3, -0.25) is 10.1 Å². The predicted octanol–water partition coefficient (Wildman–Crippen LogP) is 2.91. The topological polar surface area (TPSA) is 156 Å². The summed E-state index contributed by atoms with van der Waals surface area (Å²) in [6, 6.07) is 13.2. The lowest BCUT2D eigenvalue weighted by Gasteiger charge is -2.09. The van der Waals surface area contributed by atoms with Crippen LogP contribution in [0.25, 0.3) is 6.08 Å². The molecule has 3 aromatic rings. The third-order valence-corrected chi connectivity index (χ3v) is 7.86. The van der Waals surface area contributed by atoms with Crippen LogP contribution in [0.2, 0.25) is 5.02 Å². The summed E-state index contributed by atoms with van der Waals surface area (Å²) in [6.07, 6.45) is 2.15. The molecule has 0 aliphatic rings. The van der Waals surface area contributed by atoms with Crippen LogP contribution in [0.3, 0.4) is 0 Å². The van der Waals surface area contributed by atoms with Gasteiger partial charge >= 0.3 is 10.1 Å². The number of carbonyl (C=O) groups is 1. The number of benzene rings is 2. The number of nitriles is 1. The number of nitrogens with zero attached hydrogens (tertiary/aromatic N) is 3. The van der Waals surface area contributed by atoms with Crippen molar-refractivity contribution in [2.45, 2.75) is 9.24 Å². The van der Waals surface area contributed by atoms with Crippen molar-refractivity contribution < 1.29 is 25.8 Å². The molecule has 33 heavy (non-hydrogen) atoms. The summed E-state index contributed by atoms with van der Waals surface area (Å²) < 4.78 is 52.4.